The number of rotatable bonds is 9. The summed E-state index contributed by atoms with van der Waals surface area (Å²) in [6, 6.07) is 2.07. The Labute approximate surface area is 114 Å². The molecule has 1 rings (SSSR count). The second-order valence-electron chi connectivity index (χ2n) is 4.20. The average molecular weight is 268 g/mol. The van der Waals surface area contributed by atoms with Gasteiger partial charge < -0.3 is 20.5 Å². The maximum absolute atomic E-state index is 9.01. The van der Waals surface area contributed by atoms with Crippen LogP contribution in [-0.4, -0.2) is 41.4 Å². The minimum atomic E-state index is 0.168. The Kier molecular flexibility index (Phi) is 7.14. The smallest absolute Gasteiger partial charge is 0.158 e. The maximum atomic E-state index is 9.01. The molecule has 0 spiro atoms. The third-order valence-corrected chi connectivity index (χ3v) is 2.79. The van der Waals surface area contributed by atoms with Crippen molar-refractivity contribution in [2.24, 2.45) is 0 Å². The standard InChI is InChI=1S/C13H24N4O2/c1-4-10(6-7-18)15-12-8-11(14-3)16-13(17-12)9-19-5-2/h8,10,18H,4-7,9H2,1-3H3,(H2,14,15,16,17). The molecule has 6 nitrogen and oxygen atoms in total. The molecular formula is C13H24N4O2. The van der Waals surface area contributed by atoms with Gasteiger partial charge in [-0.25, -0.2) is 9.97 Å². The van der Waals surface area contributed by atoms with Gasteiger partial charge in [0.1, 0.15) is 18.2 Å². The first-order valence-corrected chi connectivity index (χ1v) is 6.74. The normalized spacial score (nSPS) is 12.2. The highest BCUT2D eigenvalue weighted by atomic mass is 16.5. The maximum Gasteiger partial charge on any atom is 0.158 e. The number of nitrogens with one attached hydrogen (secondary N) is 2. The van der Waals surface area contributed by atoms with Crippen LogP contribution in [0.25, 0.3) is 0 Å². The van der Waals surface area contributed by atoms with Crippen LogP contribution < -0.4 is 10.6 Å². The number of aliphatic hydroxyl groups excluding tert-OH is 1. The summed E-state index contributed by atoms with van der Waals surface area (Å²) in [7, 11) is 1.82. The van der Waals surface area contributed by atoms with Crippen LogP contribution in [0, 0.1) is 0 Å². The van der Waals surface area contributed by atoms with Crippen molar-refractivity contribution in [3.05, 3.63) is 11.9 Å². The molecule has 1 atom stereocenters. The molecule has 0 fully saturated rings. The Morgan fingerprint density at radius 3 is 2.63 bits per heavy atom. The lowest BCUT2D eigenvalue weighted by atomic mass is 10.1. The van der Waals surface area contributed by atoms with E-state index < -0.39 is 0 Å². The molecule has 0 aliphatic carbocycles. The monoisotopic (exact) mass is 268 g/mol. The summed E-state index contributed by atoms with van der Waals surface area (Å²) in [6.45, 7) is 5.22. The first kappa shape index (κ1) is 15.7. The number of nitrogens with zero attached hydrogens (tertiary/aromatic N) is 2. The molecule has 1 unspecified atom stereocenters. The molecule has 0 radical (unpaired) electrons. The fourth-order valence-corrected chi connectivity index (χ4v) is 1.70. The molecular weight excluding hydrogens is 244 g/mol. The molecule has 1 aromatic rings. The number of aromatic nitrogens is 2. The Morgan fingerprint density at radius 1 is 1.32 bits per heavy atom. The van der Waals surface area contributed by atoms with Crippen LogP contribution in [0.5, 0.6) is 0 Å². The van der Waals surface area contributed by atoms with Crippen LogP contribution in [0.2, 0.25) is 0 Å². The number of ether oxygens (including phenoxy) is 1. The van der Waals surface area contributed by atoms with Gasteiger partial charge >= 0.3 is 0 Å². The SMILES string of the molecule is CCOCc1nc(NC)cc(NC(CC)CCO)n1. The zero-order valence-electron chi connectivity index (χ0n) is 11.9. The van der Waals surface area contributed by atoms with Crippen LogP contribution in [0.4, 0.5) is 11.6 Å². The average Bonchev–Trinajstić information content (AvgIpc) is 2.44. The number of anilines is 2. The van der Waals surface area contributed by atoms with Crippen molar-refractivity contribution in [1.82, 2.24) is 9.97 Å². The number of hydrogen-bond donors (Lipinski definition) is 3. The third-order valence-electron chi connectivity index (χ3n) is 2.79. The lowest BCUT2D eigenvalue weighted by Gasteiger charge is -2.17. The second kappa shape index (κ2) is 8.66. The van der Waals surface area contributed by atoms with Crippen molar-refractivity contribution in [2.45, 2.75) is 39.3 Å². The van der Waals surface area contributed by atoms with Gasteiger partial charge in [0.05, 0.1) is 0 Å². The van der Waals surface area contributed by atoms with Gasteiger partial charge in [0.25, 0.3) is 0 Å². The van der Waals surface area contributed by atoms with E-state index in [1.54, 1.807) is 0 Å². The Balaban J connectivity index is 2.80. The molecule has 0 aliphatic heterocycles. The highest BCUT2D eigenvalue weighted by molar-refractivity contribution is 5.47. The van der Waals surface area contributed by atoms with Crippen LogP contribution in [0.3, 0.4) is 0 Å². The first-order chi connectivity index (χ1) is 9.23. The lowest BCUT2D eigenvalue weighted by Crippen LogP contribution is -2.21. The highest BCUT2D eigenvalue weighted by Gasteiger charge is 2.09. The summed E-state index contributed by atoms with van der Waals surface area (Å²) >= 11 is 0. The minimum Gasteiger partial charge on any atom is -0.396 e. The summed E-state index contributed by atoms with van der Waals surface area (Å²) in [5, 5.41) is 15.3. The molecule has 0 bridgehead atoms. The van der Waals surface area contributed by atoms with Crippen molar-refractivity contribution in [3.63, 3.8) is 0 Å². The predicted molar refractivity (Wildman–Crippen MR) is 76.3 cm³/mol. The van der Waals surface area contributed by atoms with E-state index in [0.717, 1.165) is 18.1 Å². The van der Waals surface area contributed by atoms with E-state index in [4.69, 9.17) is 9.84 Å². The topological polar surface area (TPSA) is 79.3 Å². The number of hydrogen-bond acceptors (Lipinski definition) is 6. The van der Waals surface area contributed by atoms with Gasteiger partial charge in [0.2, 0.25) is 0 Å². The molecule has 6 heteroatoms. The summed E-state index contributed by atoms with van der Waals surface area (Å²) < 4.78 is 5.33. The minimum absolute atomic E-state index is 0.168. The Hall–Kier alpha value is -1.40. The van der Waals surface area contributed by atoms with Crippen molar-refractivity contribution >= 4 is 11.6 Å². The molecule has 108 valence electrons. The van der Waals surface area contributed by atoms with Crippen LogP contribution in [0.1, 0.15) is 32.5 Å². The van der Waals surface area contributed by atoms with Gasteiger partial charge in [0.15, 0.2) is 5.82 Å². The lowest BCUT2D eigenvalue weighted by molar-refractivity contribution is 0.128. The third kappa shape index (κ3) is 5.40. The molecule has 1 aromatic heterocycles. The van der Waals surface area contributed by atoms with Gasteiger partial charge in [-0.1, -0.05) is 6.92 Å². The van der Waals surface area contributed by atoms with E-state index in [9.17, 15) is 0 Å². The van der Waals surface area contributed by atoms with Crippen molar-refractivity contribution in [2.75, 3.05) is 30.9 Å². The largest absolute Gasteiger partial charge is 0.396 e. The zero-order valence-corrected chi connectivity index (χ0v) is 11.9. The van der Waals surface area contributed by atoms with E-state index in [0.29, 0.717) is 25.5 Å². The van der Waals surface area contributed by atoms with Gasteiger partial charge in [-0.3, -0.25) is 0 Å². The van der Waals surface area contributed by atoms with Crippen molar-refractivity contribution in [3.8, 4) is 0 Å². The van der Waals surface area contributed by atoms with Crippen LogP contribution in [-0.2, 0) is 11.3 Å². The second-order valence-corrected chi connectivity index (χ2v) is 4.20. The quantitative estimate of drug-likeness (QED) is 0.631. The molecule has 19 heavy (non-hydrogen) atoms. The van der Waals surface area contributed by atoms with E-state index in [1.807, 2.05) is 20.0 Å². The van der Waals surface area contributed by atoms with Crippen molar-refractivity contribution in [1.29, 1.82) is 0 Å². The predicted octanol–water partition coefficient (Wildman–Crippen LogP) is 1.63. The summed E-state index contributed by atoms with van der Waals surface area (Å²) in [5.41, 5.74) is 0. The van der Waals surface area contributed by atoms with Crippen LogP contribution >= 0.6 is 0 Å². The van der Waals surface area contributed by atoms with E-state index in [-0.39, 0.29) is 12.6 Å². The molecule has 0 saturated carbocycles. The zero-order chi connectivity index (χ0) is 14.1. The van der Waals surface area contributed by atoms with Gasteiger partial charge in [-0.15, -0.1) is 0 Å². The molecule has 3 N–H and O–H groups in total. The Morgan fingerprint density at radius 2 is 2.05 bits per heavy atom. The fourth-order valence-electron chi connectivity index (χ4n) is 1.70. The summed E-state index contributed by atoms with van der Waals surface area (Å²) in [5.74, 6) is 2.16. The first-order valence-electron chi connectivity index (χ1n) is 6.74. The van der Waals surface area contributed by atoms with Gasteiger partial charge in [0, 0.05) is 32.4 Å². The molecule has 1 heterocycles. The van der Waals surface area contributed by atoms with E-state index in [2.05, 4.69) is 27.5 Å². The van der Waals surface area contributed by atoms with Gasteiger partial charge in [-0.05, 0) is 19.8 Å². The molecule has 0 amide bonds. The summed E-state index contributed by atoms with van der Waals surface area (Å²) in [6.07, 6.45) is 1.64. The van der Waals surface area contributed by atoms with E-state index >= 15 is 0 Å². The summed E-state index contributed by atoms with van der Waals surface area (Å²) in [4.78, 5) is 8.75. The van der Waals surface area contributed by atoms with Gasteiger partial charge in [-0.2, -0.15) is 0 Å². The fraction of sp³-hybridized carbons (Fsp3) is 0.692. The number of aliphatic hydroxyl groups is 1. The highest BCUT2D eigenvalue weighted by Crippen LogP contribution is 2.14. The molecule has 0 aromatic carbocycles. The van der Waals surface area contributed by atoms with Crippen molar-refractivity contribution < 1.29 is 9.84 Å². The molecule has 0 saturated heterocycles. The Bertz CT molecular complexity index is 374. The molecule has 0 aliphatic rings. The van der Waals surface area contributed by atoms with E-state index in [1.165, 1.54) is 0 Å². The van der Waals surface area contributed by atoms with Crippen LogP contribution in [0.15, 0.2) is 6.07 Å².